The highest BCUT2D eigenvalue weighted by Gasteiger charge is 2.22. The Labute approximate surface area is 181 Å². The van der Waals surface area contributed by atoms with E-state index in [1.807, 2.05) is 6.92 Å². The Morgan fingerprint density at radius 2 is 1.77 bits per heavy atom. The molecule has 164 valence electrons. The summed E-state index contributed by atoms with van der Waals surface area (Å²) in [6, 6.07) is 12.6. The Balaban J connectivity index is 1.86. The highest BCUT2D eigenvalue weighted by atomic mass is 32.2. The lowest BCUT2D eigenvalue weighted by molar-refractivity contribution is 0.101. The monoisotopic (exact) mass is 444 g/mol. The molecular weight excluding hydrogens is 420 g/mol. The normalized spacial score (nSPS) is 11.1. The van der Waals surface area contributed by atoms with Crippen LogP contribution in [0.1, 0.15) is 23.1 Å². The fourth-order valence-corrected chi connectivity index (χ4v) is 4.23. The maximum absolute atomic E-state index is 13.0. The number of benzene rings is 2. The molecule has 0 atom stereocenters. The quantitative estimate of drug-likeness (QED) is 0.552. The van der Waals surface area contributed by atoms with Crippen LogP contribution in [0.25, 0.3) is 0 Å². The average molecular weight is 445 g/mol. The van der Waals surface area contributed by atoms with Crippen molar-refractivity contribution in [1.29, 1.82) is 0 Å². The zero-order valence-corrected chi connectivity index (χ0v) is 18.5. The number of rotatable bonds is 8. The summed E-state index contributed by atoms with van der Waals surface area (Å²) < 4.78 is 40.6. The zero-order valence-electron chi connectivity index (χ0n) is 17.7. The van der Waals surface area contributed by atoms with Gasteiger partial charge in [0.2, 0.25) is 0 Å². The first-order chi connectivity index (χ1) is 14.7. The fourth-order valence-electron chi connectivity index (χ4n) is 2.98. The van der Waals surface area contributed by atoms with Gasteiger partial charge in [0.15, 0.2) is 0 Å². The van der Waals surface area contributed by atoms with Crippen LogP contribution in [0.2, 0.25) is 0 Å². The first-order valence-electron chi connectivity index (χ1n) is 9.49. The van der Waals surface area contributed by atoms with E-state index in [4.69, 9.17) is 9.47 Å². The van der Waals surface area contributed by atoms with E-state index < -0.39 is 15.9 Å². The lowest BCUT2D eigenvalue weighted by atomic mass is 10.3. The van der Waals surface area contributed by atoms with E-state index in [1.54, 1.807) is 50.4 Å². The maximum Gasteiger partial charge on any atom is 0.273 e. The van der Waals surface area contributed by atoms with Gasteiger partial charge in [0.1, 0.15) is 22.1 Å². The standard InChI is InChI=1S/C21H24N4O5S/c1-5-30-17-9-6-15(7-10-17)24-31(27,28)20-13-16(8-11-19(20)29-4)22-21(26)18-12-14(2)23-25(18)3/h6-13,24H,5H2,1-4H3,(H,22,26). The first-order valence-corrected chi connectivity index (χ1v) is 11.0. The van der Waals surface area contributed by atoms with Gasteiger partial charge in [-0.2, -0.15) is 5.10 Å². The largest absolute Gasteiger partial charge is 0.495 e. The SMILES string of the molecule is CCOc1ccc(NS(=O)(=O)c2cc(NC(=O)c3cc(C)nn3C)ccc2OC)cc1. The molecule has 0 spiro atoms. The predicted molar refractivity (Wildman–Crippen MR) is 117 cm³/mol. The van der Waals surface area contributed by atoms with Crippen LogP contribution in [-0.2, 0) is 17.1 Å². The van der Waals surface area contributed by atoms with Crippen molar-refractivity contribution in [3.8, 4) is 11.5 Å². The van der Waals surface area contributed by atoms with Gasteiger partial charge in [0.25, 0.3) is 15.9 Å². The Bertz CT molecular complexity index is 1190. The van der Waals surface area contributed by atoms with Crippen molar-refractivity contribution in [2.24, 2.45) is 7.05 Å². The van der Waals surface area contributed by atoms with Crippen molar-refractivity contribution in [1.82, 2.24) is 9.78 Å². The van der Waals surface area contributed by atoms with Crippen LogP contribution >= 0.6 is 0 Å². The number of nitrogens with zero attached hydrogens (tertiary/aromatic N) is 2. The highest BCUT2D eigenvalue weighted by molar-refractivity contribution is 7.92. The summed E-state index contributed by atoms with van der Waals surface area (Å²) in [6.45, 7) is 4.16. The molecule has 2 aromatic carbocycles. The van der Waals surface area contributed by atoms with Crippen LogP contribution in [0.3, 0.4) is 0 Å². The number of aromatic nitrogens is 2. The lowest BCUT2D eigenvalue weighted by Crippen LogP contribution is -2.18. The summed E-state index contributed by atoms with van der Waals surface area (Å²) in [7, 11) is -0.957. The third-order valence-corrected chi connectivity index (χ3v) is 5.77. The molecule has 9 nitrogen and oxygen atoms in total. The number of anilines is 2. The molecule has 2 N–H and O–H groups in total. The van der Waals surface area contributed by atoms with E-state index in [0.29, 0.717) is 35.1 Å². The zero-order chi connectivity index (χ0) is 22.6. The van der Waals surface area contributed by atoms with Gasteiger partial charge in [-0.25, -0.2) is 8.42 Å². The smallest absolute Gasteiger partial charge is 0.273 e. The molecule has 31 heavy (non-hydrogen) atoms. The minimum Gasteiger partial charge on any atom is -0.495 e. The third kappa shape index (κ3) is 5.15. The first kappa shape index (κ1) is 22.2. The van der Waals surface area contributed by atoms with Crippen molar-refractivity contribution >= 4 is 27.3 Å². The molecule has 0 radical (unpaired) electrons. The number of methoxy groups -OCH3 is 1. The number of carbonyl (C=O) groups excluding carboxylic acids is 1. The van der Waals surface area contributed by atoms with Gasteiger partial charge in [-0.15, -0.1) is 0 Å². The molecule has 10 heteroatoms. The van der Waals surface area contributed by atoms with Crippen molar-refractivity contribution in [2.75, 3.05) is 23.8 Å². The topological polar surface area (TPSA) is 112 Å². The van der Waals surface area contributed by atoms with Gasteiger partial charge in [0, 0.05) is 18.4 Å². The van der Waals surface area contributed by atoms with Crippen LogP contribution < -0.4 is 19.5 Å². The van der Waals surface area contributed by atoms with Gasteiger partial charge < -0.3 is 14.8 Å². The molecule has 3 rings (SSSR count). The number of aryl methyl sites for hydroxylation is 2. The van der Waals surface area contributed by atoms with E-state index in [1.165, 1.54) is 23.9 Å². The molecule has 0 saturated heterocycles. The third-order valence-electron chi connectivity index (χ3n) is 4.36. The van der Waals surface area contributed by atoms with Gasteiger partial charge in [0.05, 0.1) is 19.4 Å². The summed E-state index contributed by atoms with van der Waals surface area (Å²) in [5.41, 5.74) is 1.72. The van der Waals surface area contributed by atoms with E-state index >= 15 is 0 Å². The Morgan fingerprint density at radius 3 is 2.35 bits per heavy atom. The van der Waals surface area contributed by atoms with Gasteiger partial charge >= 0.3 is 0 Å². The lowest BCUT2D eigenvalue weighted by Gasteiger charge is -2.14. The molecule has 3 aromatic rings. The molecule has 0 bridgehead atoms. The Hall–Kier alpha value is -3.53. The summed E-state index contributed by atoms with van der Waals surface area (Å²) in [6.07, 6.45) is 0. The summed E-state index contributed by atoms with van der Waals surface area (Å²) in [4.78, 5) is 12.5. The second-order valence-corrected chi connectivity index (χ2v) is 8.33. The van der Waals surface area contributed by atoms with Gasteiger partial charge in [-0.05, 0) is 62.4 Å². The van der Waals surface area contributed by atoms with Crippen LogP contribution in [0.15, 0.2) is 53.4 Å². The molecule has 0 fully saturated rings. The second kappa shape index (κ2) is 9.09. The molecule has 0 aliphatic rings. The molecule has 1 aromatic heterocycles. The number of amides is 1. The van der Waals surface area contributed by atoms with Crippen molar-refractivity contribution < 1.29 is 22.7 Å². The van der Waals surface area contributed by atoms with E-state index in [9.17, 15) is 13.2 Å². The van der Waals surface area contributed by atoms with Crippen molar-refractivity contribution in [3.05, 3.63) is 59.9 Å². The van der Waals surface area contributed by atoms with E-state index in [-0.39, 0.29) is 10.6 Å². The van der Waals surface area contributed by atoms with E-state index in [0.717, 1.165) is 0 Å². The maximum atomic E-state index is 13.0. The fraction of sp³-hybridized carbons (Fsp3) is 0.238. The van der Waals surface area contributed by atoms with Crippen LogP contribution in [0.4, 0.5) is 11.4 Å². The van der Waals surface area contributed by atoms with Gasteiger partial charge in [-0.3, -0.25) is 14.2 Å². The van der Waals surface area contributed by atoms with Crippen molar-refractivity contribution in [2.45, 2.75) is 18.7 Å². The number of carbonyl (C=O) groups is 1. The van der Waals surface area contributed by atoms with E-state index in [2.05, 4.69) is 15.1 Å². The number of hydrogen-bond acceptors (Lipinski definition) is 6. The predicted octanol–water partition coefficient (Wildman–Crippen LogP) is 3.19. The Morgan fingerprint density at radius 1 is 1.10 bits per heavy atom. The summed E-state index contributed by atoms with van der Waals surface area (Å²) >= 11 is 0. The number of ether oxygens (including phenoxy) is 2. The van der Waals surface area contributed by atoms with Gasteiger partial charge in [-0.1, -0.05) is 0 Å². The Kier molecular flexibility index (Phi) is 6.50. The molecule has 1 amide bonds. The second-order valence-electron chi connectivity index (χ2n) is 6.68. The molecule has 0 saturated carbocycles. The minimum absolute atomic E-state index is 0.108. The molecule has 0 unspecified atom stereocenters. The minimum atomic E-state index is -3.99. The van der Waals surface area contributed by atoms with Crippen LogP contribution in [-0.4, -0.2) is 37.8 Å². The molecule has 1 heterocycles. The van der Waals surface area contributed by atoms with Crippen LogP contribution in [0, 0.1) is 6.92 Å². The van der Waals surface area contributed by atoms with Crippen LogP contribution in [0.5, 0.6) is 11.5 Å². The molecule has 0 aliphatic heterocycles. The van der Waals surface area contributed by atoms with Crippen molar-refractivity contribution in [3.63, 3.8) is 0 Å². The average Bonchev–Trinajstić information content (AvgIpc) is 3.07. The molecule has 0 aliphatic carbocycles. The molecular formula is C21H24N4O5S. The summed E-state index contributed by atoms with van der Waals surface area (Å²) in [5, 5.41) is 6.84. The number of sulfonamides is 1. The summed E-state index contributed by atoms with van der Waals surface area (Å²) in [5.74, 6) is 0.377. The number of hydrogen-bond donors (Lipinski definition) is 2. The highest BCUT2D eigenvalue weighted by Crippen LogP contribution is 2.29. The number of nitrogens with one attached hydrogen (secondary N) is 2.